The number of hydrogen-bond acceptors (Lipinski definition) is 3. The van der Waals surface area contributed by atoms with Crippen molar-refractivity contribution in [3.05, 3.63) is 35.2 Å². The smallest absolute Gasteiger partial charge is 0.326 e. The van der Waals surface area contributed by atoms with Crippen LogP contribution in [-0.2, 0) is 25.9 Å². The maximum absolute atomic E-state index is 12.8. The van der Waals surface area contributed by atoms with Crippen molar-refractivity contribution >= 4 is 0 Å². The SMILES string of the molecule is Cn1nc(-c2cc(CN)cc(C(F)(F)F)c2)nc1C(F)(F)F. The first-order valence-electron chi connectivity index (χ1n) is 5.92. The molecule has 2 rings (SSSR count). The minimum absolute atomic E-state index is 0.117. The van der Waals surface area contributed by atoms with Crippen molar-refractivity contribution in [2.45, 2.75) is 18.9 Å². The molecule has 0 unspecified atom stereocenters. The van der Waals surface area contributed by atoms with Gasteiger partial charge in [-0.25, -0.2) is 9.67 Å². The summed E-state index contributed by atoms with van der Waals surface area (Å²) < 4.78 is 76.9. The van der Waals surface area contributed by atoms with Gasteiger partial charge >= 0.3 is 12.4 Å². The third-order valence-electron chi connectivity index (χ3n) is 2.83. The number of aryl methyl sites for hydroxylation is 1. The van der Waals surface area contributed by atoms with Crippen LogP contribution >= 0.6 is 0 Å². The van der Waals surface area contributed by atoms with Crippen LogP contribution in [0.15, 0.2) is 18.2 Å². The summed E-state index contributed by atoms with van der Waals surface area (Å²) >= 11 is 0. The molecule has 120 valence electrons. The lowest BCUT2D eigenvalue weighted by molar-refractivity contribution is -0.147. The van der Waals surface area contributed by atoms with Crippen molar-refractivity contribution in [1.29, 1.82) is 0 Å². The molecular weight excluding hydrogens is 314 g/mol. The Labute approximate surface area is 120 Å². The van der Waals surface area contributed by atoms with Crippen LogP contribution in [0.2, 0.25) is 0 Å². The Balaban J connectivity index is 2.58. The van der Waals surface area contributed by atoms with Crippen molar-refractivity contribution in [3.8, 4) is 11.4 Å². The summed E-state index contributed by atoms with van der Waals surface area (Å²) in [6, 6.07) is 2.75. The topological polar surface area (TPSA) is 56.7 Å². The van der Waals surface area contributed by atoms with Crippen molar-refractivity contribution in [2.75, 3.05) is 0 Å². The zero-order chi connectivity index (χ0) is 16.7. The zero-order valence-electron chi connectivity index (χ0n) is 11.1. The molecule has 2 aromatic rings. The summed E-state index contributed by atoms with van der Waals surface area (Å²) in [5, 5.41) is 3.52. The molecule has 0 aliphatic rings. The van der Waals surface area contributed by atoms with E-state index in [1.165, 1.54) is 6.07 Å². The monoisotopic (exact) mass is 324 g/mol. The number of benzene rings is 1. The Morgan fingerprint density at radius 1 is 1.05 bits per heavy atom. The normalized spacial score (nSPS) is 12.7. The fourth-order valence-corrected chi connectivity index (χ4v) is 1.86. The molecule has 0 aliphatic carbocycles. The van der Waals surface area contributed by atoms with E-state index in [4.69, 9.17) is 5.73 Å². The number of halogens is 6. The highest BCUT2D eigenvalue weighted by molar-refractivity contribution is 5.58. The van der Waals surface area contributed by atoms with Gasteiger partial charge in [0.25, 0.3) is 0 Å². The molecule has 0 saturated carbocycles. The molecule has 0 amide bonds. The molecule has 1 heterocycles. The number of aromatic nitrogens is 3. The Kier molecular flexibility index (Phi) is 3.90. The van der Waals surface area contributed by atoms with E-state index in [2.05, 4.69) is 10.1 Å². The number of rotatable bonds is 2. The molecule has 1 aromatic heterocycles. The Morgan fingerprint density at radius 3 is 2.14 bits per heavy atom. The van der Waals surface area contributed by atoms with Gasteiger partial charge in [-0.1, -0.05) is 0 Å². The second-order valence-corrected chi connectivity index (χ2v) is 4.50. The molecule has 10 heteroatoms. The zero-order valence-corrected chi connectivity index (χ0v) is 11.1. The third kappa shape index (κ3) is 3.21. The largest absolute Gasteiger partial charge is 0.451 e. The molecule has 0 bridgehead atoms. The first kappa shape index (κ1) is 16.3. The number of hydrogen-bond donors (Lipinski definition) is 1. The second kappa shape index (κ2) is 5.27. The predicted molar refractivity (Wildman–Crippen MR) is 64.3 cm³/mol. The van der Waals surface area contributed by atoms with Crippen molar-refractivity contribution < 1.29 is 26.3 Å². The van der Waals surface area contributed by atoms with E-state index < -0.39 is 29.6 Å². The summed E-state index contributed by atoms with van der Waals surface area (Å²) in [7, 11) is 1.01. The molecule has 1 aromatic carbocycles. The lowest BCUT2D eigenvalue weighted by atomic mass is 10.0. The van der Waals surface area contributed by atoms with Crippen LogP contribution in [0.3, 0.4) is 0 Å². The van der Waals surface area contributed by atoms with Gasteiger partial charge in [-0.05, 0) is 23.8 Å². The van der Waals surface area contributed by atoms with Gasteiger partial charge in [-0.2, -0.15) is 31.4 Å². The lowest BCUT2D eigenvalue weighted by Crippen LogP contribution is -2.13. The minimum Gasteiger partial charge on any atom is -0.326 e. The van der Waals surface area contributed by atoms with Crippen molar-refractivity contribution in [1.82, 2.24) is 14.8 Å². The fourth-order valence-electron chi connectivity index (χ4n) is 1.86. The molecule has 0 fully saturated rings. The van der Waals surface area contributed by atoms with Gasteiger partial charge in [-0.3, -0.25) is 0 Å². The second-order valence-electron chi connectivity index (χ2n) is 4.50. The van der Waals surface area contributed by atoms with Gasteiger partial charge in [0.15, 0.2) is 5.82 Å². The molecule has 2 N–H and O–H groups in total. The van der Waals surface area contributed by atoms with E-state index in [1.54, 1.807) is 0 Å². The summed E-state index contributed by atoms with van der Waals surface area (Å²) in [5.74, 6) is -1.75. The first-order valence-corrected chi connectivity index (χ1v) is 5.92. The third-order valence-corrected chi connectivity index (χ3v) is 2.83. The van der Waals surface area contributed by atoms with Gasteiger partial charge in [0.1, 0.15) is 0 Å². The highest BCUT2D eigenvalue weighted by atomic mass is 19.4. The number of nitrogens with zero attached hydrogens (tertiary/aromatic N) is 3. The van der Waals surface area contributed by atoms with Crippen molar-refractivity contribution in [3.63, 3.8) is 0 Å². The molecule has 0 radical (unpaired) electrons. The van der Waals surface area contributed by atoms with Crippen LogP contribution in [0.1, 0.15) is 17.0 Å². The van der Waals surface area contributed by atoms with Crippen molar-refractivity contribution in [2.24, 2.45) is 12.8 Å². The molecular formula is C12H10F6N4. The van der Waals surface area contributed by atoms with Crippen LogP contribution < -0.4 is 5.73 Å². The summed E-state index contributed by atoms with van der Waals surface area (Å²) in [6.45, 7) is -0.199. The first-order chi connectivity index (χ1) is 10.0. The average molecular weight is 324 g/mol. The molecule has 0 atom stereocenters. The summed E-state index contributed by atoms with van der Waals surface area (Å²) in [6.07, 6.45) is -9.40. The molecule has 0 aliphatic heterocycles. The van der Waals surface area contributed by atoms with E-state index in [-0.39, 0.29) is 17.7 Å². The van der Waals surface area contributed by atoms with Gasteiger partial charge < -0.3 is 5.73 Å². The van der Waals surface area contributed by atoms with E-state index in [0.717, 1.165) is 13.1 Å². The van der Waals surface area contributed by atoms with Gasteiger partial charge in [0.05, 0.1) is 5.56 Å². The lowest BCUT2D eigenvalue weighted by Gasteiger charge is -2.10. The standard InChI is InChI=1S/C12H10F6N4/c1-22-10(12(16,17)18)20-9(21-22)7-2-6(5-19)3-8(4-7)11(13,14)15/h2-4H,5,19H2,1H3. The quantitative estimate of drug-likeness (QED) is 0.864. The van der Waals surface area contributed by atoms with E-state index in [1.807, 2.05) is 0 Å². The van der Waals surface area contributed by atoms with Crippen LogP contribution in [0.25, 0.3) is 11.4 Å². The maximum atomic E-state index is 12.8. The Morgan fingerprint density at radius 2 is 1.68 bits per heavy atom. The highest BCUT2D eigenvalue weighted by Crippen LogP contribution is 2.34. The van der Waals surface area contributed by atoms with Gasteiger partial charge in [0.2, 0.25) is 5.82 Å². The Hall–Kier alpha value is -2.10. The summed E-state index contributed by atoms with van der Waals surface area (Å²) in [5.41, 5.74) is 4.24. The fraction of sp³-hybridized carbons (Fsp3) is 0.333. The molecule has 22 heavy (non-hydrogen) atoms. The van der Waals surface area contributed by atoms with E-state index in [9.17, 15) is 26.3 Å². The average Bonchev–Trinajstić information content (AvgIpc) is 2.79. The van der Waals surface area contributed by atoms with Crippen LogP contribution in [0, 0.1) is 0 Å². The summed E-state index contributed by atoms with van der Waals surface area (Å²) in [4.78, 5) is 3.27. The number of nitrogens with two attached hydrogens (primary N) is 1. The Bertz CT molecular complexity index is 686. The molecule has 0 spiro atoms. The van der Waals surface area contributed by atoms with Gasteiger partial charge in [-0.15, -0.1) is 0 Å². The predicted octanol–water partition coefficient (Wildman–Crippen LogP) is 2.98. The van der Waals surface area contributed by atoms with Gasteiger partial charge in [0, 0.05) is 19.2 Å². The number of alkyl halides is 6. The highest BCUT2D eigenvalue weighted by Gasteiger charge is 2.37. The van der Waals surface area contributed by atoms with Crippen LogP contribution in [-0.4, -0.2) is 14.8 Å². The van der Waals surface area contributed by atoms with E-state index in [0.29, 0.717) is 10.7 Å². The van der Waals surface area contributed by atoms with Crippen LogP contribution in [0.5, 0.6) is 0 Å². The minimum atomic E-state index is -4.75. The molecule has 4 nitrogen and oxygen atoms in total. The van der Waals surface area contributed by atoms with Crippen LogP contribution in [0.4, 0.5) is 26.3 Å². The van der Waals surface area contributed by atoms with E-state index >= 15 is 0 Å². The maximum Gasteiger partial charge on any atom is 0.451 e. The molecule has 0 saturated heterocycles.